The van der Waals surface area contributed by atoms with E-state index in [1.165, 1.54) is 18.1 Å². The van der Waals surface area contributed by atoms with Crippen molar-refractivity contribution < 1.29 is 18.7 Å². The Morgan fingerprint density at radius 3 is 2.79 bits per heavy atom. The second kappa shape index (κ2) is 8.16. The molecule has 2 fully saturated rings. The van der Waals surface area contributed by atoms with E-state index in [0.29, 0.717) is 25.3 Å². The third kappa shape index (κ3) is 3.95. The minimum atomic E-state index is -0.606. The molecule has 7 heteroatoms. The zero-order chi connectivity index (χ0) is 19.5. The number of fused-ring (bicyclic) bond motifs is 1. The Bertz CT molecular complexity index is 808. The van der Waals surface area contributed by atoms with Crippen molar-refractivity contribution in [3.63, 3.8) is 0 Å². The minimum absolute atomic E-state index is 0.0122. The van der Waals surface area contributed by atoms with E-state index in [4.69, 9.17) is 9.15 Å². The molecule has 0 radical (unpaired) electrons. The maximum Gasteiger partial charge on any atom is 0.255 e. The molecule has 0 unspecified atom stereocenters. The fourth-order valence-corrected chi connectivity index (χ4v) is 3.96. The third-order valence-corrected chi connectivity index (χ3v) is 5.46. The lowest BCUT2D eigenvalue weighted by Gasteiger charge is -2.36. The number of carbonyl (C=O) groups excluding carboxylic acids is 2. The van der Waals surface area contributed by atoms with Gasteiger partial charge in [0.2, 0.25) is 5.91 Å². The summed E-state index contributed by atoms with van der Waals surface area (Å²) in [5.41, 5.74) is 1.67. The Morgan fingerprint density at radius 1 is 1.21 bits per heavy atom. The van der Waals surface area contributed by atoms with Crippen LogP contribution in [0.15, 0.2) is 53.3 Å². The largest absolute Gasteiger partial charge is 0.472 e. The molecule has 28 heavy (non-hydrogen) atoms. The van der Waals surface area contributed by atoms with E-state index in [9.17, 15) is 9.59 Å². The average Bonchev–Trinajstić information content (AvgIpc) is 3.38. The summed E-state index contributed by atoms with van der Waals surface area (Å²) in [6, 6.07) is 11.5. The summed E-state index contributed by atoms with van der Waals surface area (Å²) >= 11 is 0. The molecule has 0 saturated carbocycles. The first-order chi connectivity index (χ1) is 13.6. The lowest BCUT2D eigenvalue weighted by atomic mass is 10.1. The van der Waals surface area contributed by atoms with Crippen LogP contribution < -0.4 is 5.32 Å². The van der Waals surface area contributed by atoms with Gasteiger partial charge in [-0.15, -0.1) is 0 Å². The molecule has 3 atom stereocenters. The number of hydrogen-bond acceptors (Lipinski definition) is 5. The Balaban J connectivity index is 1.37. The number of rotatable bonds is 5. The lowest BCUT2D eigenvalue weighted by molar-refractivity contribution is -0.132. The third-order valence-electron chi connectivity index (χ3n) is 5.46. The summed E-state index contributed by atoms with van der Waals surface area (Å²) in [6.07, 6.45) is 2.82. The highest BCUT2D eigenvalue weighted by Crippen LogP contribution is 2.25. The quantitative estimate of drug-likeness (QED) is 0.847. The molecule has 2 amide bonds. The van der Waals surface area contributed by atoms with E-state index in [2.05, 4.69) is 22.3 Å². The van der Waals surface area contributed by atoms with Gasteiger partial charge in [-0.05, 0) is 18.6 Å². The summed E-state index contributed by atoms with van der Waals surface area (Å²) in [5, 5.41) is 2.75. The number of morpholine rings is 1. The zero-order valence-corrected chi connectivity index (χ0v) is 15.9. The molecule has 0 aliphatic carbocycles. The topological polar surface area (TPSA) is 75.0 Å². The van der Waals surface area contributed by atoms with Crippen LogP contribution in [0.1, 0.15) is 22.8 Å². The first-order valence-corrected chi connectivity index (χ1v) is 9.63. The van der Waals surface area contributed by atoms with Gasteiger partial charge in [-0.3, -0.25) is 14.5 Å². The number of nitrogens with zero attached hydrogens (tertiary/aromatic N) is 2. The van der Waals surface area contributed by atoms with E-state index in [-0.39, 0.29) is 24.0 Å². The van der Waals surface area contributed by atoms with Crippen molar-refractivity contribution in [3.05, 3.63) is 60.1 Å². The smallest absolute Gasteiger partial charge is 0.255 e. The van der Waals surface area contributed by atoms with Gasteiger partial charge in [0.1, 0.15) is 12.3 Å². The summed E-state index contributed by atoms with van der Waals surface area (Å²) in [6.45, 7) is 5.25. The molecule has 3 heterocycles. The van der Waals surface area contributed by atoms with E-state index in [1.807, 2.05) is 18.2 Å². The van der Waals surface area contributed by atoms with Crippen molar-refractivity contribution in [3.8, 4) is 0 Å². The normalized spacial score (nSPS) is 23.2. The van der Waals surface area contributed by atoms with Crippen LogP contribution in [0.3, 0.4) is 0 Å². The Morgan fingerprint density at radius 2 is 2.04 bits per heavy atom. The van der Waals surface area contributed by atoms with Crippen LogP contribution in [-0.4, -0.2) is 66.0 Å². The van der Waals surface area contributed by atoms with Crippen LogP contribution in [0.5, 0.6) is 0 Å². The number of carbonyl (C=O) groups is 2. The van der Waals surface area contributed by atoms with Crippen LogP contribution in [0.25, 0.3) is 0 Å². The van der Waals surface area contributed by atoms with Crippen molar-refractivity contribution in [2.75, 3.05) is 26.2 Å². The van der Waals surface area contributed by atoms with E-state index in [0.717, 1.165) is 13.1 Å². The molecule has 4 rings (SSSR count). The molecule has 1 N–H and O–H groups in total. The van der Waals surface area contributed by atoms with Crippen LogP contribution in [-0.2, 0) is 16.1 Å². The van der Waals surface area contributed by atoms with Crippen LogP contribution in [0.2, 0.25) is 0 Å². The number of amides is 2. The molecule has 1 aromatic carbocycles. The first-order valence-electron chi connectivity index (χ1n) is 9.63. The van der Waals surface area contributed by atoms with Gasteiger partial charge in [-0.1, -0.05) is 30.3 Å². The van der Waals surface area contributed by atoms with Crippen molar-refractivity contribution >= 4 is 11.8 Å². The maximum absolute atomic E-state index is 12.9. The van der Waals surface area contributed by atoms with Crippen molar-refractivity contribution in [1.29, 1.82) is 0 Å². The number of nitrogens with one attached hydrogen (secondary N) is 1. The Hall–Kier alpha value is -2.64. The predicted molar refractivity (Wildman–Crippen MR) is 103 cm³/mol. The van der Waals surface area contributed by atoms with E-state index < -0.39 is 6.04 Å². The van der Waals surface area contributed by atoms with E-state index >= 15 is 0 Å². The summed E-state index contributed by atoms with van der Waals surface area (Å²) in [5.74, 6) is -0.400. The van der Waals surface area contributed by atoms with Gasteiger partial charge in [0.15, 0.2) is 0 Å². The average molecular weight is 383 g/mol. The Kier molecular flexibility index (Phi) is 5.45. The van der Waals surface area contributed by atoms with Gasteiger partial charge in [-0.25, -0.2) is 0 Å². The van der Waals surface area contributed by atoms with Gasteiger partial charge in [0, 0.05) is 26.2 Å². The van der Waals surface area contributed by atoms with Gasteiger partial charge in [0.25, 0.3) is 5.91 Å². The van der Waals surface area contributed by atoms with Crippen molar-refractivity contribution in [2.24, 2.45) is 0 Å². The highest BCUT2D eigenvalue weighted by molar-refractivity contribution is 5.97. The summed E-state index contributed by atoms with van der Waals surface area (Å²) in [7, 11) is 0. The molecule has 2 aliphatic heterocycles. The zero-order valence-electron chi connectivity index (χ0n) is 15.9. The molecule has 0 bridgehead atoms. The first kappa shape index (κ1) is 18.7. The number of furan rings is 1. The highest BCUT2D eigenvalue weighted by Gasteiger charge is 2.42. The van der Waals surface area contributed by atoms with Gasteiger partial charge < -0.3 is 19.4 Å². The number of ether oxygens (including phenoxy) is 1. The second-order valence-corrected chi connectivity index (χ2v) is 7.38. The molecule has 2 aromatic rings. The van der Waals surface area contributed by atoms with Crippen LogP contribution in [0, 0.1) is 0 Å². The Labute approximate surface area is 164 Å². The lowest BCUT2D eigenvalue weighted by Crippen LogP contribution is -2.50. The molecule has 148 valence electrons. The summed E-state index contributed by atoms with van der Waals surface area (Å²) < 4.78 is 10.9. The summed E-state index contributed by atoms with van der Waals surface area (Å²) in [4.78, 5) is 29.2. The van der Waals surface area contributed by atoms with Gasteiger partial charge >= 0.3 is 0 Å². The predicted octanol–water partition coefficient (Wildman–Crippen LogP) is 1.51. The monoisotopic (exact) mass is 383 g/mol. The molecular weight excluding hydrogens is 358 g/mol. The van der Waals surface area contributed by atoms with Gasteiger partial charge in [-0.2, -0.15) is 0 Å². The fourth-order valence-electron chi connectivity index (χ4n) is 3.96. The molecule has 2 aliphatic rings. The number of likely N-dealkylation sites (tertiary alicyclic amines) is 1. The van der Waals surface area contributed by atoms with Gasteiger partial charge in [0.05, 0.1) is 30.6 Å². The molecular formula is C21H25N3O4. The second-order valence-electron chi connectivity index (χ2n) is 7.38. The van der Waals surface area contributed by atoms with Crippen LogP contribution >= 0.6 is 0 Å². The molecule has 7 nitrogen and oxygen atoms in total. The molecule has 2 saturated heterocycles. The fraction of sp³-hybridized carbons (Fsp3) is 0.429. The highest BCUT2D eigenvalue weighted by atomic mass is 16.5. The molecule has 1 aromatic heterocycles. The minimum Gasteiger partial charge on any atom is -0.472 e. The number of hydrogen-bond donors (Lipinski definition) is 1. The SMILES string of the molecule is C[C@H](NC(=O)c1ccoc1)C(=O)N1C[C@@H]2[C@@H](C1)OCCN2Cc1ccccc1. The van der Waals surface area contributed by atoms with Crippen molar-refractivity contribution in [1.82, 2.24) is 15.1 Å². The number of benzene rings is 1. The maximum atomic E-state index is 12.9. The van der Waals surface area contributed by atoms with E-state index in [1.54, 1.807) is 17.9 Å². The van der Waals surface area contributed by atoms with Crippen LogP contribution in [0.4, 0.5) is 0 Å². The molecule has 0 spiro atoms. The van der Waals surface area contributed by atoms with Crippen molar-refractivity contribution in [2.45, 2.75) is 31.7 Å². The standard InChI is InChI=1S/C21H25N3O4/c1-15(22-20(25)17-7-9-27-14-17)21(26)24-12-18-19(13-24)28-10-8-23(18)11-16-5-3-2-4-6-16/h2-7,9,14-15,18-19H,8,10-13H2,1H3,(H,22,25)/t15-,18+,19+/m0/s1.